The number of rotatable bonds is 5. The van der Waals surface area contributed by atoms with E-state index in [1.165, 1.54) is 5.69 Å². The molecule has 3 rings (SSSR count). The Hall–Kier alpha value is -2.82. The molecule has 5 nitrogen and oxygen atoms in total. The molecule has 0 atom stereocenters. The lowest BCUT2D eigenvalue weighted by atomic mass is 10.1. The van der Waals surface area contributed by atoms with Crippen molar-refractivity contribution in [3.8, 4) is 11.3 Å². The van der Waals surface area contributed by atoms with Gasteiger partial charge in [-0.2, -0.15) is 0 Å². The fourth-order valence-electron chi connectivity index (χ4n) is 2.39. The molecule has 1 aromatic carbocycles. The van der Waals surface area contributed by atoms with Gasteiger partial charge in [0.2, 0.25) is 5.91 Å². The Morgan fingerprint density at radius 2 is 2.00 bits per heavy atom. The molecule has 0 unspecified atom stereocenters. The topological polar surface area (TPSA) is 60.1 Å². The first kappa shape index (κ1) is 15.1. The molecule has 0 bridgehead atoms. The zero-order valence-corrected chi connectivity index (χ0v) is 13.2. The van der Waals surface area contributed by atoms with Crippen LogP contribution in [0, 0.1) is 6.92 Å². The molecule has 0 aliphatic carbocycles. The van der Waals surface area contributed by atoms with Crippen molar-refractivity contribution in [1.82, 2.24) is 15.0 Å². The zero-order valence-electron chi connectivity index (χ0n) is 13.2. The number of carbonyl (C=O) groups excluding carboxylic acids is 1. The molecule has 0 aliphatic rings. The van der Waals surface area contributed by atoms with E-state index in [1.54, 1.807) is 0 Å². The van der Waals surface area contributed by atoms with E-state index in [0.717, 1.165) is 11.3 Å². The molecule has 2 heterocycles. The average molecular weight is 309 g/mol. The van der Waals surface area contributed by atoms with Crippen LogP contribution in [0.25, 0.3) is 11.3 Å². The van der Waals surface area contributed by atoms with Crippen molar-refractivity contribution < 1.29 is 9.32 Å². The maximum Gasteiger partial charge on any atom is 0.226 e. The van der Waals surface area contributed by atoms with Crippen LogP contribution in [0.4, 0.5) is 0 Å². The van der Waals surface area contributed by atoms with E-state index in [1.807, 2.05) is 62.5 Å². The van der Waals surface area contributed by atoms with E-state index in [9.17, 15) is 4.79 Å². The Bertz CT molecular complexity index is 803. The zero-order chi connectivity index (χ0) is 16.2. The fraction of sp³-hybridized carbons (Fsp3) is 0.222. The summed E-state index contributed by atoms with van der Waals surface area (Å²) in [7, 11) is 1.99. The summed E-state index contributed by atoms with van der Waals surface area (Å²) in [5.74, 6) is 0.600. The van der Waals surface area contributed by atoms with Gasteiger partial charge in [0.1, 0.15) is 0 Å². The first-order valence-electron chi connectivity index (χ1n) is 7.52. The maximum atomic E-state index is 12.0. The molecule has 0 fully saturated rings. The average Bonchev–Trinajstić information content (AvgIpc) is 3.15. The van der Waals surface area contributed by atoms with Gasteiger partial charge in [-0.25, -0.2) is 0 Å². The number of hydrogen-bond donors (Lipinski definition) is 1. The molecule has 0 radical (unpaired) electrons. The van der Waals surface area contributed by atoms with E-state index in [4.69, 9.17) is 4.52 Å². The number of amides is 1. The molecule has 3 aromatic rings. The smallest absolute Gasteiger partial charge is 0.226 e. The molecule has 0 saturated heterocycles. The molecule has 0 aliphatic heterocycles. The third kappa shape index (κ3) is 3.51. The van der Waals surface area contributed by atoms with Gasteiger partial charge in [-0.05, 0) is 19.1 Å². The third-order valence-electron chi connectivity index (χ3n) is 3.90. The van der Waals surface area contributed by atoms with Crippen molar-refractivity contribution in [3.05, 3.63) is 65.6 Å². The Balaban J connectivity index is 1.58. The standard InChI is InChI=1S/C18H19N3O2/c1-13-8-9-16(21(13)2)12-19-18(22)11-15-10-17(23-20-15)14-6-4-3-5-7-14/h3-10H,11-12H2,1-2H3,(H,19,22). The first-order valence-corrected chi connectivity index (χ1v) is 7.52. The van der Waals surface area contributed by atoms with Gasteiger partial charge in [-0.15, -0.1) is 0 Å². The summed E-state index contributed by atoms with van der Waals surface area (Å²) in [6.07, 6.45) is 0.208. The van der Waals surface area contributed by atoms with Crippen LogP contribution in [0.5, 0.6) is 0 Å². The molecule has 5 heteroatoms. The second-order valence-electron chi connectivity index (χ2n) is 5.53. The summed E-state index contributed by atoms with van der Waals surface area (Å²) in [6, 6.07) is 15.6. The van der Waals surface area contributed by atoms with Gasteiger partial charge in [-0.3, -0.25) is 4.79 Å². The van der Waals surface area contributed by atoms with Crippen LogP contribution >= 0.6 is 0 Å². The minimum atomic E-state index is -0.0724. The number of aromatic nitrogens is 2. The molecule has 1 amide bonds. The number of carbonyl (C=O) groups is 1. The number of benzene rings is 1. The summed E-state index contributed by atoms with van der Waals surface area (Å²) in [4.78, 5) is 12.0. The molecule has 2 aromatic heterocycles. The highest BCUT2D eigenvalue weighted by Gasteiger charge is 2.11. The van der Waals surface area contributed by atoms with E-state index in [-0.39, 0.29) is 12.3 Å². The van der Waals surface area contributed by atoms with Crippen LogP contribution in [-0.2, 0) is 24.8 Å². The molecule has 0 spiro atoms. The van der Waals surface area contributed by atoms with E-state index < -0.39 is 0 Å². The van der Waals surface area contributed by atoms with Gasteiger partial charge in [0.05, 0.1) is 18.7 Å². The lowest BCUT2D eigenvalue weighted by Crippen LogP contribution is -2.25. The Labute approximate surface area is 134 Å². The first-order chi connectivity index (χ1) is 11.1. The SMILES string of the molecule is Cc1ccc(CNC(=O)Cc2cc(-c3ccccc3)on2)n1C. The summed E-state index contributed by atoms with van der Waals surface area (Å²) >= 11 is 0. The molecular weight excluding hydrogens is 290 g/mol. The van der Waals surface area contributed by atoms with Gasteiger partial charge in [-0.1, -0.05) is 35.5 Å². The summed E-state index contributed by atoms with van der Waals surface area (Å²) in [6.45, 7) is 2.54. The molecule has 0 saturated carbocycles. The Kier molecular flexibility index (Phi) is 4.28. The normalized spacial score (nSPS) is 10.7. The fourth-order valence-corrected chi connectivity index (χ4v) is 2.39. The minimum Gasteiger partial charge on any atom is -0.356 e. The summed E-state index contributed by atoms with van der Waals surface area (Å²) < 4.78 is 7.36. The largest absolute Gasteiger partial charge is 0.356 e. The number of aryl methyl sites for hydroxylation is 1. The Morgan fingerprint density at radius 1 is 1.22 bits per heavy atom. The van der Waals surface area contributed by atoms with E-state index >= 15 is 0 Å². The lowest BCUT2D eigenvalue weighted by molar-refractivity contribution is -0.120. The minimum absolute atomic E-state index is 0.0724. The second-order valence-corrected chi connectivity index (χ2v) is 5.53. The van der Waals surface area contributed by atoms with Gasteiger partial charge < -0.3 is 14.4 Å². The number of hydrogen-bond acceptors (Lipinski definition) is 3. The quantitative estimate of drug-likeness (QED) is 0.788. The van der Waals surface area contributed by atoms with Gasteiger partial charge in [0.25, 0.3) is 0 Å². The highest BCUT2D eigenvalue weighted by Crippen LogP contribution is 2.19. The van der Waals surface area contributed by atoms with E-state index in [0.29, 0.717) is 18.0 Å². The van der Waals surface area contributed by atoms with Crippen LogP contribution in [0.15, 0.2) is 53.1 Å². The number of nitrogens with one attached hydrogen (secondary N) is 1. The van der Waals surface area contributed by atoms with Crippen molar-refractivity contribution in [2.75, 3.05) is 0 Å². The van der Waals surface area contributed by atoms with Gasteiger partial charge in [0, 0.05) is 30.1 Å². The van der Waals surface area contributed by atoms with Gasteiger partial charge >= 0.3 is 0 Å². The van der Waals surface area contributed by atoms with Gasteiger partial charge in [0.15, 0.2) is 5.76 Å². The third-order valence-corrected chi connectivity index (χ3v) is 3.90. The van der Waals surface area contributed by atoms with Crippen LogP contribution in [0.3, 0.4) is 0 Å². The van der Waals surface area contributed by atoms with Crippen molar-refractivity contribution in [3.63, 3.8) is 0 Å². The van der Waals surface area contributed by atoms with E-state index in [2.05, 4.69) is 15.0 Å². The number of nitrogens with zero attached hydrogens (tertiary/aromatic N) is 2. The van der Waals surface area contributed by atoms with Crippen LogP contribution in [-0.4, -0.2) is 15.6 Å². The lowest BCUT2D eigenvalue weighted by Gasteiger charge is -2.06. The second kappa shape index (κ2) is 6.52. The molecule has 118 valence electrons. The summed E-state index contributed by atoms with van der Waals surface area (Å²) in [5.41, 5.74) is 3.81. The van der Waals surface area contributed by atoms with Crippen molar-refractivity contribution in [2.45, 2.75) is 19.9 Å². The van der Waals surface area contributed by atoms with Crippen LogP contribution < -0.4 is 5.32 Å². The van der Waals surface area contributed by atoms with Crippen LogP contribution in [0.2, 0.25) is 0 Å². The highest BCUT2D eigenvalue weighted by molar-refractivity contribution is 5.78. The highest BCUT2D eigenvalue weighted by atomic mass is 16.5. The van der Waals surface area contributed by atoms with Crippen molar-refractivity contribution in [2.24, 2.45) is 7.05 Å². The molecule has 1 N–H and O–H groups in total. The Morgan fingerprint density at radius 3 is 2.70 bits per heavy atom. The maximum absolute atomic E-state index is 12.0. The predicted molar refractivity (Wildman–Crippen MR) is 87.6 cm³/mol. The molecular formula is C18H19N3O2. The monoisotopic (exact) mass is 309 g/mol. The van der Waals surface area contributed by atoms with Crippen LogP contribution in [0.1, 0.15) is 17.1 Å². The van der Waals surface area contributed by atoms with Crippen molar-refractivity contribution >= 4 is 5.91 Å². The molecule has 23 heavy (non-hydrogen) atoms. The predicted octanol–water partition coefficient (Wildman–Crippen LogP) is 2.85. The summed E-state index contributed by atoms with van der Waals surface area (Å²) in [5, 5.41) is 6.88. The van der Waals surface area contributed by atoms with Crippen molar-refractivity contribution in [1.29, 1.82) is 0 Å².